The molecule has 0 bridgehead atoms. The van der Waals surface area contributed by atoms with Crippen LogP contribution in [0.5, 0.6) is 0 Å². The van der Waals surface area contributed by atoms with E-state index in [2.05, 4.69) is 20.6 Å². The van der Waals surface area contributed by atoms with Crippen molar-refractivity contribution in [2.24, 2.45) is 11.3 Å². The minimum absolute atomic E-state index is 0.230. The van der Waals surface area contributed by atoms with Gasteiger partial charge in [-0.05, 0) is 25.9 Å². The Morgan fingerprint density at radius 1 is 1.04 bits per heavy atom. The van der Waals surface area contributed by atoms with Crippen LogP contribution in [0.25, 0.3) is 5.57 Å². The standard InChI is InChI=1S/C16H12N8O2/c1-8-12(23-25-21-8)10-4-15(3,14-9(2)22-26-24-14)16(6-18,7-19)13(20)11(10)5-17/h4,11,20H,1-3H3/t11?,15-/m0/s1. The molecule has 0 aliphatic heterocycles. The lowest BCUT2D eigenvalue weighted by Crippen LogP contribution is -2.52. The third-order valence-electron chi connectivity index (χ3n) is 4.76. The normalized spacial score (nSPS) is 24.2. The van der Waals surface area contributed by atoms with Crippen LogP contribution in [0, 0.1) is 64.6 Å². The molecule has 0 saturated carbocycles. The number of allylic oxidation sites excluding steroid dienone is 2. The van der Waals surface area contributed by atoms with E-state index in [1.54, 1.807) is 26.8 Å². The Morgan fingerprint density at radius 3 is 2.12 bits per heavy atom. The van der Waals surface area contributed by atoms with E-state index in [1.165, 1.54) is 0 Å². The second kappa shape index (κ2) is 5.61. The second-order valence-electron chi connectivity index (χ2n) is 6.15. The van der Waals surface area contributed by atoms with Gasteiger partial charge >= 0.3 is 0 Å². The summed E-state index contributed by atoms with van der Waals surface area (Å²) in [6.07, 6.45) is 1.55. The van der Waals surface area contributed by atoms with Crippen LogP contribution in [-0.4, -0.2) is 26.3 Å². The Bertz CT molecular complexity index is 1040. The fourth-order valence-corrected chi connectivity index (χ4v) is 3.31. The van der Waals surface area contributed by atoms with Crippen molar-refractivity contribution >= 4 is 11.3 Å². The summed E-state index contributed by atoms with van der Waals surface area (Å²) in [4.78, 5) is 0. The average molecular weight is 348 g/mol. The molecule has 10 heteroatoms. The van der Waals surface area contributed by atoms with E-state index in [4.69, 9.17) is 14.7 Å². The number of aromatic nitrogens is 4. The van der Waals surface area contributed by atoms with Crippen LogP contribution in [0.15, 0.2) is 15.3 Å². The predicted octanol–water partition coefficient (Wildman–Crippen LogP) is 1.62. The second-order valence-corrected chi connectivity index (χ2v) is 6.15. The molecule has 0 radical (unpaired) electrons. The molecule has 0 aromatic carbocycles. The van der Waals surface area contributed by atoms with Crippen molar-refractivity contribution in [2.75, 3.05) is 0 Å². The van der Waals surface area contributed by atoms with Crippen molar-refractivity contribution in [2.45, 2.75) is 26.2 Å². The van der Waals surface area contributed by atoms with E-state index < -0.39 is 16.7 Å². The lowest BCUT2D eigenvalue weighted by atomic mass is 9.54. The maximum Gasteiger partial charge on any atom is 0.196 e. The summed E-state index contributed by atoms with van der Waals surface area (Å²) < 4.78 is 9.47. The molecule has 3 rings (SSSR count). The topological polar surface area (TPSA) is 173 Å². The fraction of sp³-hybridized carbons (Fsp3) is 0.375. The highest BCUT2D eigenvalue weighted by molar-refractivity contribution is 6.08. The Labute approximate surface area is 147 Å². The van der Waals surface area contributed by atoms with Gasteiger partial charge in [-0.3, -0.25) is 0 Å². The minimum Gasteiger partial charge on any atom is -0.305 e. The van der Waals surface area contributed by atoms with Crippen LogP contribution >= 0.6 is 0 Å². The Kier molecular flexibility index (Phi) is 3.67. The molecule has 26 heavy (non-hydrogen) atoms. The van der Waals surface area contributed by atoms with Gasteiger partial charge in [-0.25, -0.2) is 9.26 Å². The van der Waals surface area contributed by atoms with Gasteiger partial charge in [0.1, 0.15) is 28.7 Å². The van der Waals surface area contributed by atoms with Gasteiger partial charge in [-0.1, -0.05) is 21.5 Å². The van der Waals surface area contributed by atoms with Gasteiger partial charge in [-0.15, -0.1) is 0 Å². The molecule has 1 aliphatic carbocycles. The molecule has 0 fully saturated rings. The largest absolute Gasteiger partial charge is 0.305 e. The first-order valence-corrected chi connectivity index (χ1v) is 7.49. The molecule has 0 amide bonds. The van der Waals surface area contributed by atoms with E-state index in [0.717, 1.165) is 0 Å². The first-order chi connectivity index (χ1) is 12.4. The Balaban J connectivity index is 2.42. The van der Waals surface area contributed by atoms with Crippen molar-refractivity contribution in [3.63, 3.8) is 0 Å². The van der Waals surface area contributed by atoms with Crippen LogP contribution < -0.4 is 0 Å². The summed E-state index contributed by atoms with van der Waals surface area (Å²) in [5.74, 6) is -1.16. The molecule has 1 aliphatic rings. The molecule has 1 N–H and O–H groups in total. The summed E-state index contributed by atoms with van der Waals surface area (Å²) in [7, 11) is 0. The van der Waals surface area contributed by atoms with Crippen LogP contribution in [-0.2, 0) is 5.41 Å². The lowest BCUT2D eigenvalue weighted by Gasteiger charge is -2.41. The first kappa shape index (κ1) is 17.0. The van der Waals surface area contributed by atoms with Crippen LogP contribution in [0.3, 0.4) is 0 Å². The van der Waals surface area contributed by atoms with Crippen molar-refractivity contribution in [3.8, 4) is 18.2 Å². The third-order valence-corrected chi connectivity index (χ3v) is 4.76. The highest BCUT2D eigenvalue weighted by Crippen LogP contribution is 2.52. The van der Waals surface area contributed by atoms with Crippen molar-refractivity contribution in [3.05, 3.63) is 28.9 Å². The van der Waals surface area contributed by atoms with Gasteiger partial charge in [0.2, 0.25) is 0 Å². The summed E-state index contributed by atoms with van der Waals surface area (Å²) >= 11 is 0. The van der Waals surface area contributed by atoms with Crippen molar-refractivity contribution < 1.29 is 9.26 Å². The van der Waals surface area contributed by atoms with E-state index in [1.807, 2.05) is 18.2 Å². The van der Waals surface area contributed by atoms with E-state index in [0.29, 0.717) is 17.0 Å². The van der Waals surface area contributed by atoms with Gasteiger partial charge in [-0.2, -0.15) is 15.8 Å². The lowest BCUT2D eigenvalue weighted by molar-refractivity contribution is 0.289. The van der Waals surface area contributed by atoms with Crippen LogP contribution in [0.4, 0.5) is 0 Å². The maximum atomic E-state index is 9.84. The fourth-order valence-electron chi connectivity index (χ4n) is 3.31. The van der Waals surface area contributed by atoms with E-state index >= 15 is 0 Å². The monoisotopic (exact) mass is 348 g/mol. The van der Waals surface area contributed by atoms with Gasteiger partial charge in [0, 0.05) is 5.57 Å². The first-order valence-electron chi connectivity index (χ1n) is 7.49. The quantitative estimate of drug-likeness (QED) is 0.845. The van der Waals surface area contributed by atoms with Crippen molar-refractivity contribution in [1.29, 1.82) is 21.2 Å². The number of hydrogen-bond acceptors (Lipinski definition) is 10. The molecule has 0 saturated heterocycles. The summed E-state index contributed by atoms with van der Waals surface area (Å²) in [5, 5.41) is 52.9. The van der Waals surface area contributed by atoms with Gasteiger partial charge in [0.15, 0.2) is 5.41 Å². The Morgan fingerprint density at radius 2 is 1.65 bits per heavy atom. The number of nitrogens with zero attached hydrogens (tertiary/aromatic N) is 7. The SMILES string of the molecule is Cc1nonc1C1=C[C@@](C)(c2nonc2C)C(C#N)(C#N)C(=N)C1C#N. The summed E-state index contributed by atoms with van der Waals surface area (Å²) in [6, 6.07) is 5.81. The molecule has 2 atom stereocenters. The van der Waals surface area contributed by atoms with Gasteiger partial charge < -0.3 is 5.41 Å². The maximum absolute atomic E-state index is 9.84. The smallest absolute Gasteiger partial charge is 0.196 e. The molecular weight excluding hydrogens is 336 g/mol. The third kappa shape index (κ3) is 1.92. The van der Waals surface area contributed by atoms with Crippen LogP contribution in [0.1, 0.15) is 29.7 Å². The summed E-state index contributed by atoms with van der Waals surface area (Å²) in [5.41, 5.74) is -2.10. The number of nitriles is 3. The van der Waals surface area contributed by atoms with Gasteiger partial charge in [0.25, 0.3) is 0 Å². The van der Waals surface area contributed by atoms with Crippen LogP contribution in [0.2, 0.25) is 0 Å². The predicted molar refractivity (Wildman–Crippen MR) is 83.9 cm³/mol. The van der Waals surface area contributed by atoms with E-state index in [9.17, 15) is 15.8 Å². The molecule has 10 nitrogen and oxygen atoms in total. The van der Waals surface area contributed by atoms with E-state index in [-0.39, 0.29) is 17.1 Å². The zero-order valence-electron chi connectivity index (χ0n) is 14.1. The molecule has 0 spiro atoms. The summed E-state index contributed by atoms with van der Waals surface area (Å²) in [6.45, 7) is 4.84. The molecule has 2 aromatic rings. The number of aryl methyl sites for hydroxylation is 2. The minimum atomic E-state index is -1.97. The number of rotatable bonds is 2. The zero-order valence-corrected chi connectivity index (χ0v) is 14.1. The molecule has 128 valence electrons. The molecule has 1 unspecified atom stereocenters. The van der Waals surface area contributed by atoms with Crippen molar-refractivity contribution in [1.82, 2.24) is 20.6 Å². The highest BCUT2D eigenvalue weighted by Gasteiger charge is 2.60. The zero-order chi connectivity index (χ0) is 19.1. The Hall–Kier alpha value is -3.84. The number of nitrogens with one attached hydrogen (secondary N) is 1. The molecular formula is C16H12N8O2. The number of hydrogen-bond donors (Lipinski definition) is 1. The molecule has 2 heterocycles. The van der Waals surface area contributed by atoms with Gasteiger partial charge in [0.05, 0.1) is 29.3 Å². The highest BCUT2D eigenvalue weighted by atomic mass is 16.6. The molecule has 2 aromatic heterocycles. The average Bonchev–Trinajstić information content (AvgIpc) is 3.24.